The quantitative estimate of drug-likeness (QED) is 0.451. The first-order valence-electron chi connectivity index (χ1n) is 4.43. The average molecular weight is 258 g/mol. The minimum atomic E-state index is 0.395. The lowest BCUT2D eigenvalue weighted by molar-refractivity contribution is 1.29. The summed E-state index contributed by atoms with van der Waals surface area (Å²) in [5.74, 6) is 0.395. The van der Waals surface area contributed by atoms with Crippen molar-refractivity contribution in [3.8, 4) is 0 Å². The van der Waals surface area contributed by atoms with Gasteiger partial charge >= 0.3 is 0 Å². The van der Waals surface area contributed by atoms with Gasteiger partial charge in [-0.15, -0.1) is 23.4 Å². The highest BCUT2D eigenvalue weighted by molar-refractivity contribution is 7.98. The van der Waals surface area contributed by atoms with Crippen molar-refractivity contribution in [2.75, 3.05) is 6.26 Å². The molecule has 0 fully saturated rings. The Balaban J connectivity index is 2.65. The van der Waals surface area contributed by atoms with E-state index in [9.17, 15) is 0 Å². The molecule has 0 bridgehead atoms. The van der Waals surface area contributed by atoms with Gasteiger partial charge in [0.15, 0.2) is 0 Å². The van der Waals surface area contributed by atoms with Crippen molar-refractivity contribution < 1.29 is 0 Å². The molecular formula is C11H9Cl2NS. The van der Waals surface area contributed by atoms with Crippen LogP contribution in [0.3, 0.4) is 0 Å². The number of hydrogen-bond donors (Lipinski definition) is 0. The predicted molar refractivity (Wildman–Crippen MR) is 68.1 cm³/mol. The van der Waals surface area contributed by atoms with Crippen LogP contribution in [0.25, 0.3) is 10.9 Å². The van der Waals surface area contributed by atoms with Crippen LogP contribution in [0.4, 0.5) is 0 Å². The summed E-state index contributed by atoms with van der Waals surface area (Å²) < 4.78 is 0. The van der Waals surface area contributed by atoms with Crippen molar-refractivity contribution in [1.29, 1.82) is 0 Å². The molecule has 1 aromatic heterocycles. The Morgan fingerprint density at radius 3 is 2.80 bits per heavy atom. The minimum absolute atomic E-state index is 0.395. The molecule has 0 saturated heterocycles. The number of pyridine rings is 1. The fraction of sp³-hybridized carbons (Fsp3) is 0.182. The van der Waals surface area contributed by atoms with Crippen LogP contribution in [-0.2, 0) is 5.88 Å². The Hall–Kier alpha value is -0.440. The van der Waals surface area contributed by atoms with Crippen molar-refractivity contribution in [3.05, 3.63) is 35.0 Å². The molecule has 0 atom stereocenters. The van der Waals surface area contributed by atoms with Gasteiger partial charge in [-0.3, -0.25) is 0 Å². The number of rotatable bonds is 2. The maximum atomic E-state index is 6.00. The molecule has 0 aliphatic rings. The zero-order chi connectivity index (χ0) is 10.8. The first-order valence-corrected chi connectivity index (χ1v) is 6.57. The van der Waals surface area contributed by atoms with Gasteiger partial charge in [-0.05, 0) is 24.5 Å². The second kappa shape index (κ2) is 4.60. The van der Waals surface area contributed by atoms with E-state index in [1.807, 2.05) is 24.5 Å². The zero-order valence-electron chi connectivity index (χ0n) is 8.13. The van der Waals surface area contributed by atoms with Crippen molar-refractivity contribution in [2.24, 2.45) is 0 Å². The van der Waals surface area contributed by atoms with E-state index in [0.29, 0.717) is 11.0 Å². The van der Waals surface area contributed by atoms with Crippen molar-refractivity contribution >= 4 is 45.9 Å². The molecule has 0 aliphatic heterocycles. The Kier molecular flexibility index (Phi) is 3.39. The molecule has 0 unspecified atom stereocenters. The van der Waals surface area contributed by atoms with Crippen LogP contribution in [-0.4, -0.2) is 11.2 Å². The topological polar surface area (TPSA) is 12.9 Å². The smallest absolute Gasteiger partial charge is 0.134 e. The summed E-state index contributed by atoms with van der Waals surface area (Å²) in [6.45, 7) is 0. The van der Waals surface area contributed by atoms with Gasteiger partial charge in [0.1, 0.15) is 5.15 Å². The highest BCUT2D eigenvalue weighted by Gasteiger charge is 2.04. The molecule has 78 valence electrons. The summed E-state index contributed by atoms with van der Waals surface area (Å²) in [5.41, 5.74) is 1.79. The third kappa shape index (κ3) is 2.22. The van der Waals surface area contributed by atoms with E-state index in [1.165, 1.54) is 4.90 Å². The summed E-state index contributed by atoms with van der Waals surface area (Å²) in [5, 5.41) is 1.57. The molecule has 1 aromatic carbocycles. The number of nitrogens with zero attached hydrogens (tertiary/aromatic N) is 1. The molecule has 4 heteroatoms. The van der Waals surface area contributed by atoms with Gasteiger partial charge in [-0.2, -0.15) is 0 Å². The molecule has 0 amide bonds. The first kappa shape index (κ1) is 11.1. The zero-order valence-corrected chi connectivity index (χ0v) is 10.5. The van der Waals surface area contributed by atoms with Crippen molar-refractivity contribution in [1.82, 2.24) is 4.98 Å². The lowest BCUT2D eigenvalue weighted by Gasteiger charge is -2.04. The lowest BCUT2D eigenvalue weighted by atomic mass is 10.2. The first-order chi connectivity index (χ1) is 7.24. The predicted octanol–water partition coefficient (Wildman–Crippen LogP) is 4.35. The van der Waals surface area contributed by atoms with Crippen LogP contribution in [0, 0.1) is 0 Å². The van der Waals surface area contributed by atoms with Crippen molar-refractivity contribution in [2.45, 2.75) is 10.8 Å². The number of aromatic nitrogens is 1. The molecule has 0 radical (unpaired) electrons. The number of halogens is 2. The molecule has 2 rings (SSSR count). The maximum Gasteiger partial charge on any atom is 0.134 e. The molecule has 0 N–H and O–H groups in total. The van der Waals surface area contributed by atoms with Gasteiger partial charge in [0.25, 0.3) is 0 Å². The molecular weight excluding hydrogens is 249 g/mol. The van der Waals surface area contributed by atoms with E-state index in [4.69, 9.17) is 23.2 Å². The monoisotopic (exact) mass is 257 g/mol. The third-order valence-corrected chi connectivity index (χ3v) is 3.54. The molecule has 0 spiro atoms. The van der Waals surface area contributed by atoms with Crippen LogP contribution in [0.2, 0.25) is 5.15 Å². The average Bonchev–Trinajstić information content (AvgIpc) is 2.27. The van der Waals surface area contributed by atoms with E-state index in [-0.39, 0.29) is 0 Å². The van der Waals surface area contributed by atoms with Crippen LogP contribution < -0.4 is 0 Å². The summed E-state index contributed by atoms with van der Waals surface area (Å²) in [7, 11) is 0. The number of alkyl halides is 1. The summed E-state index contributed by atoms with van der Waals surface area (Å²) >= 11 is 13.4. The summed E-state index contributed by atoms with van der Waals surface area (Å²) in [6.07, 6.45) is 2.04. The Morgan fingerprint density at radius 1 is 1.33 bits per heavy atom. The molecule has 0 aliphatic carbocycles. The van der Waals surface area contributed by atoms with Gasteiger partial charge in [0, 0.05) is 15.8 Å². The normalized spacial score (nSPS) is 10.9. The number of thioether (sulfide) groups is 1. The van der Waals surface area contributed by atoms with E-state index in [0.717, 1.165) is 16.5 Å². The molecule has 15 heavy (non-hydrogen) atoms. The summed E-state index contributed by atoms with van der Waals surface area (Å²) in [6, 6.07) is 8.13. The molecule has 1 nitrogen and oxygen atoms in total. The lowest BCUT2D eigenvalue weighted by Crippen LogP contribution is -1.87. The Morgan fingerprint density at radius 2 is 2.13 bits per heavy atom. The number of hydrogen-bond acceptors (Lipinski definition) is 2. The van der Waals surface area contributed by atoms with Crippen LogP contribution >= 0.6 is 35.0 Å². The van der Waals surface area contributed by atoms with Crippen molar-refractivity contribution in [3.63, 3.8) is 0 Å². The Labute approximate surface area is 103 Å². The number of fused-ring (bicyclic) bond motifs is 1. The van der Waals surface area contributed by atoms with E-state index in [1.54, 1.807) is 11.8 Å². The number of benzene rings is 1. The molecule has 0 saturated carbocycles. The van der Waals surface area contributed by atoms with Crippen LogP contribution in [0.1, 0.15) is 5.56 Å². The SMILES string of the molecule is CSc1ccc2cc(CCl)c(Cl)nc2c1. The van der Waals surface area contributed by atoms with Gasteiger partial charge < -0.3 is 0 Å². The highest BCUT2D eigenvalue weighted by Crippen LogP contribution is 2.25. The van der Waals surface area contributed by atoms with E-state index in [2.05, 4.69) is 11.1 Å². The largest absolute Gasteiger partial charge is 0.236 e. The fourth-order valence-electron chi connectivity index (χ4n) is 1.39. The minimum Gasteiger partial charge on any atom is -0.236 e. The summed E-state index contributed by atoms with van der Waals surface area (Å²) in [4.78, 5) is 5.51. The van der Waals surface area contributed by atoms with Gasteiger partial charge in [0.2, 0.25) is 0 Å². The van der Waals surface area contributed by atoms with Gasteiger partial charge in [-0.25, -0.2) is 4.98 Å². The van der Waals surface area contributed by atoms with E-state index < -0.39 is 0 Å². The molecule has 2 aromatic rings. The van der Waals surface area contributed by atoms with Gasteiger partial charge in [-0.1, -0.05) is 17.7 Å². The third-order valence-electron chi connectivity index (χ3n) is 2.19. The van der Waals surface area contributed by atoms with Crippen LogP contribution in [0.15, 0.2) is 29.2 Å². The highest BCUT2D eigenvalue weighted by atomic mass is 35.5. The molecule has 1 heterocycles. The Bertz CT molecular complexity index is 499. The van der Waals surface area contributed by atoms with Crippen LogP contribution in [0.5, 0.6) is 0 Å². The second-order valence-corrected chi connectivity index (χ2v) is 4.64. The van der Waals surface area contributed by atoms with Gasteiger partial charge in [0.05, 0.1) is 11.4 Å². The fourth-order valence-corrected chi connectivity index (χ4v) is 2.31. The maximum absolute atomic E-state index is 6.00. The second-order valence-electron chi connectivity index (χ2n) is 3.13. The van der Waals surface area contributed by atoms with E-state index >= 15 is 0 Å². The standard InChI is InChI=1S/C11H9Cl2NS/c1-15-9-3-2-7-4-8(6-12)11(13)14-10(7)5-9/h2-5H,6H2,1H3.